The van der Waals surface area contributed by atoms with Crippen molar-refractivity contribution in [3.63, 3.8) is 0 Å². The molecule has 2 heterocycles. The van der Waals surface area contributed by atoms with Gasteiger partial charge in [-0.1, -0.05) is 11.6 Å². The number of aryl methyl sites for hydroxylation is 1. The standard InChI is InChI=1S/C9H8ClN3O2S2/c1-6-2-3-9(16-6)17(14,15)13-8-5-11-7(10)4-12-8/h2-5H,1H3,(H,12,13). The fourth-order valence-electron chi connectivity index (χ4n) is 1.11. The van der Waals surface area contributed by atoms with Gasteiger partial charge in [-0.05, 0) is 19.1 Å². The first-order chi connectivity index (χ1) is 7.97. The van der Waals surface area contributed by atoms with E-state index in [1.54, 1.807) is 12.1 Å². The minimum Gasteiger partial charge on any atom is -0.261 e. The number of sulfonamides is 1. The van der Waals surface area contributed by atoms with Gasteiger partial charge < -0.3 is 0 Å². The van der Waals surface area contributed by atoms with Gasteiger partial charge in [-0.25, -0.2) is 18.4 Å². The summed E-state index contributed by atoms with van der Waals surface area (Å²) in [6.07, 6.45) is 2.54. The van der Waals surface area contributed by atoms with Gasteiger partial charge in [0.05, 0.1) is 12.4 Å². The molecule has 0 fully saturated rings. The van der Waals surface area contributed by atoms with Crippen LogP contribution in [0.25, 0.3) is 0 Å². The van der Waals surface area contributed by atoms with Crippen LogP contribution in [0.1, 0.15) is 4.88 Å². The number of aromatic nitrogens is 2. The summed E-state index contributed by atoms with van der Waals surface area (Å²) in [5.74, 6) is 0.139. The molecule has 1 N–H and O–H groups in total. The summed E-state index contributed by atoms with van der Waals surface area (Å²) >= 11 is 6.75. The molecule has 90 valence electrons. The molecule has 17 heavy (non-hydrogen) atoms. The molecule has 0 atom stereocenters. The summed E-state index contributed by atoms with van der Waals surface area (Å²) in [7, 11) is -3.58. The van der Waals surface area contributed by atoms with Crippen LogP contribution in [0.15, 0.2) is 28.7 Å². The third-order valence-electron chi connectivity index (χ3n) is 1.84. The van der Waals surface area contributed by atoms with Gasteiger partial charge in [0, 0.05) is 4.88 Å². The summed E-state index contributed by atoms with van der Waals surface area (Å²) in [4.78, 5) is 8.48. The van der Waals surface area contributed by atoms with Gasteiger partial charge in [-0.15, -0.1) is 11.3 Å². The monoisotopic (exact) mass is 289 g/mol. The highest BCUT2D eigenvalue weighted by Gasteiger charge is 2.16. The Bertz CT molecular complexity index is 622. The molecule has 8 heteroatoms. The van der Waals surface area contributed by atoms with Crippen molar-refractivity contribution in [3.8, 4) is 0 Å². The fraction of sp³-hybridized carbons (Fsp3) is 0.111. The Morgan fingerprint density at radius 2 is 2.06 bits per heavy atom. The average Bonchev–Trinajstić information content (AvgIpc) is 2.69. The molecule has 0 aliphatic heterocycles. The van der Waals surface area contributed by atoms with E-state index in [-0.39, 0.29) is 15.2 Å². The van der Waals surface area contributed by atoms with E-state index in [1.807, 2.05) is 6.92 Å². The van der Waals surface area contributed by atoms with Crippen LogP contribution in [0.3, 0.4) is 0 Å². The molecular formula is C9H8ClN3O2S2. The summed E-state index contributed by atoms with van der Waals surface area (Å²) in [6.45, 7) is 1.84. The lowest BCUT2D eigenvalue weighted by atomic mass is 10.5. The second-order valence-electron chi connectivity index (χ2n) is 3.19. The number of anilines is 1. The lowest BCUT2D eigenvalue weighted by Gasteiger charge is -2.04. The highest BCUT2D eigenvalue weighted by atomic mass is 35.5. The zero-order chi connectivity index (χ0) is 12.5. The molecule has 0 aliphatic carbocycles. The molecule has 5 nitrogen and oxygen atoms in total. The number of hydrogen-bond acceptors (Lipinski definition) is 5. The van der Waals surface area contributed by atoms with Gasteiger partial charge in [0.25, 0.3) is 10.0 Å². The number of rotatable bonds is 3. The quantitative estimate of drug-likeness (QED) is 0.941. The molecule has 2 rings (SSSR count). The smallest absolute Gasteiger partial charge is 0.261 e. The number of halogens is 1. The Hall–Kier alpha value is -1.18. The third-order valence-corrected chi connectivity index (χ3v) is 4.88. The predicted octanol–water partition coefficient (Wildman–Crippen LogP) is 2.30. The van der Waals surface area contributed by atoms with E-state index in [0.29, 0.717) is 0 Å². The normalized spacial score (nSPS) is 11.4. The van der Waals surface area contributed by atoms with Crippen molar-refractivity contribution in [2.75, 3.05) is 4.72 Å². The maximum Gasteiger partial charge on any atom is 0.272 e. The SMILES string of the molecule is Cc1ccc(S(=O)(=O)Nc2cnc(Cl)cn2)s1. The highest BCUT2D eigenvalue weighted by molar-refractivity contribution is 7.94. The minimum atomic E-state index is -3.58. The number of nitrogens with zero attached hydrogens (tertiary/aromatic N) is 2. The van der Waals surface area contributed by atoms with E-state index in [9.17, 15) is 8.42 Å². The van der Waals surface area contributed by atoms with Gasteiger partial charge in [-0.2, -0.15) is 0 Å². The largest absolute Gasteiger partial charge is 0.272 e. The van der Waals surface area contributed by atoms with Crippen molar-refractivity contribution in [3.05, 3.63) is 34.6 Å². The first-order valence-corrected chi connectivity index (χ1v) is 7.22. The molecule has 0 aromatic carbocycles. The summed E-state index contributed by atoms with van der Waals surface area (Å²) in [5, 5.41) is 0.208. The maximum atomic E-state index is 11.9. The summed E-state index contributed by atoms with van der Waals surface area (Å²) in [5.41, 5.74) is 0. The number of thiophene rings is 1. The van der Waals surface area contributed by atoms with Crippen molar-refractivity contribution in [1.82, 2.24) is 9.97 Å². The Morgan fingerprint density at radius 1 is 1.29 bits per heavy atom. The predicted molar refractivity (Wildman–Crippen MR) is 66.9 cm³/mol. The number of hydrogen-bond donors (Lipinski definition) is 1. The Labute approximate surface area is 108 Å². The third kappa shape index (κ3) is 2.93. The van der Waals surface area contributed by atoms with Crippen LogP contribution in [-0.2, 0) is 10.0 Å². The van der Waals surface area contributed by atoms with Crippen LogP contribution in [0.5, 0.6) is 0 Å². The topological polar surface area (TPSA) is 72.0 Å². The van der Waals surface area contributed by atoms with Crippen molar-refractivity contribution < 1.29 is 8.42 Å². The first kappa shape index (κ1) is 12.3. The van der Waals surface area contributed by atoms with Gasteiger partial charge >= 0.3 is 0 Å². The van der Waals surface area contributed by atoms with Crippen molar-refractivity contribution >= 4 is 38.8 Å². The van der Waals surface area contributed by atoms with Crippen molar-refractivity contribution in [2.45, 2.75) is 11.1 Å². The zero-order valence-electron chi connectivity index (χ0n) is 8.71. The molecule has 0 amide bonds. The summed E-state index contributed by atoms with van der Waals surface area (Å²) in [6, 6.07) is 3.29. The van der Waals surface area contributed by atoms with E-state index in [4.69, 9.17) is 11.6 Å². The van der Waals surface area contributed by atoms with E-state index < -0.39 is 10.0 Å². The molecule has 2 aromatic rings. The highest BCUT2D eigenvalue weighted by Crippen LogP contribution is 2.22. The van der Waals surface area contributed by atoms with E-state index >= 15 is 0 Å². The first-order valence-electron chi connectivity index (χ1n) is 4.54. The van der Waals surface area contributed by atoms with Crippen LogP contribution in [0.2, 0.25) is 5.15 Å². The summed E-state index contributed by atoms with van der Waals surface area (Å²) < 4.78 is 26.4. The molecule has 0 radical (unpaired) electrons. The van der Waals surface area contributed by atoms with Crippen molar-refractivity contribution in [2.24, 2.45) is 0 Å². The van der Waals surface area contributed by atoms with Crippen LogP contribution >= 0.6 is 22.9 Å². The van der Waals surface area contributed by atoms with Crippen LogP contribution in [0, 0.1) is 6.92 Å². The lowest BCUT2D eigenvalue weighted by Crippen LogP contribution is -2.12. The molecule has 0 spiro atoms. The van der Waals surface area contributed by atoms with Gasteiger partial charge in [0.15, 0.2) is 5.82 Å². The molecule has 0 saturated carbocycles. The lowest BCUT2D eigenvalue weighted by molar-refractivity contribution is 0.603. The Balaban J connectivity index is 2.26. The minimum absolute atomic E-state index is 0.139. The van der Waals surface area contributed by atoms with Crippen LogP contribution in [-0.4, -0.2) is 18.4 Å². The van der Waals surface area contributed by atoms with Crippen LogP contribution < -0.4 is 4.72 Å². The second-order valence-corrected chi connectivity index (χ2v) is 6.78. The Kier molecular flexibility index (Phi) is 3.32. The van der Waals surface area contributed by atoms with E-state index in [2.05, 4.69) is 14.7 Å². The molecule has 0 bridgehead atoms. The molecule has 0 unspecified atom stereocenters. The van der Waals surface area contributed by atoms with Gasteiger partial charge in [0.2, 0.25) is 0 Å². The number of nitrogens with one attached hydrogen (secondary N) is 1. The van der Waals surface area contributed by atoms with Crippen molar-refractivity contribution in [1.29, 1.82) is 0 Å². The molecular weight excluding hydrogens is 282 g/mol. The molecule has 2 aromatic heterocycles. The molecule has 0 aliphatic rings. The fourth-order valence-corrected chi connectivity index (χ4v) is 3.48. The maximum absolute atomic E-state index is 11.9. The van der Waals surface area contributed by atoms with E-state index in [0.717, 1.165) is 4.88 Å². The second kappa shape index (κ2) is 4.59. The van der Waals surface area contributed by atoms with Gasteiger partial charge in [-0.3, -0.25) is 4.72 Å². The Morgan fingerprint density at radius 3 is 2.59 bits per heavy atom. The van der Waals surface area contributed by atoms with Gasteiger partial charge in [0.1, 0.15) is 9.36 Å². The zero-order valence-corrected chi connectivity index (χ0v) is 11.1. The molecule has 0 saturated heterocycles. The van der Waals surface area contributed by atoms with E-state index in [1.165, 1.54) is 23.7 Å². The van der Waals surface area contributed by atoms with Crippen LogP contribution in [0.4, 0.5) is 5.82 Å². The average molecular weight is 290 g/mol.